The minimum absolute atomic E-state index is 0.150. The molecule has 1 aromatic heterocycles. The van der Waals surface area contributed by atoms with Crippen molar-refractivity contribution >= 4 is 10.0 Å². The molecule has 1 N–H and O–H groups in total. The van der Waals surface area contributed by atoms with Crippen molar-refractivity contribution in [2.75, 3.05) is 6.54 Å². The number of pyridine rings is 1. The van der Waals surface area contributed by atoms with Crippen LogP contribution in [0.1, 0.15) is 24.1 Å². The molecule has 0 unspecified atom stereocenters. The molecule has 0 aromatic carbocycles. The van der Waals surface area contributed by atoms with Gasteiger partial charge in [-0.3, -0.25) is 4.98 Å². The first-order valence-corrected chi connectivity index (χ1v) is 7.34. The van der Waals surface area contributed by atoms with Crippen LogP contribution < -0.4 is 4.72 Å². The van der Waals surface area contributed by atoms with Gasteiger partial charge < -0.3 is 0 Å². The van der Waals surface area contributed by atoms with Crippen molar-refractivity contribution in [1.29, 1.82) is 0 Å². The Morgan fingerprint density at radius 3 is 2.47 bits per heavy atom. The summed E-state index contributed by atoms with van der Waals surface area (Å²) in [5.74, 6) is 0. The fourth-order valence-electron chi connectivity index (χ4n) is 1.56. The minimum Gasteiger partial charge on any atom is -0.261 e. The lowest BCUT2D eigenvalue weighted by molar-refractivity contribution is -0.137. The molecule has 1 saturated carbocycles. The zero-order chi connectivity index (χ0) is 14.1. The summed E-state index contributed by atoms with van der Waals surface area (Å²) in [5, 5.41) is -0.298. The zero-order valence-electron chi connectivity index (χ0n) is 9.94. The molecule has 0 amide bonds. The van der Waals surface area contributed by atoms with Crippen LogP contribution in [0.15, 0.2) is 18.3 Å². The molecule has 1 heterocycles. The van der Waals surface area contributed by atoms with E-state index in [0.717, 1.165) is 12.3 Å². The van der Waals surface area contributed by atoms with Crippen molar-refractivity contribution in [3.63, 3.8) is 0 Å². The largest absolute Gasteiger partial charge is 0.417 e. The highest BCUT2D eigenvalue weighted by atomic mass is 32.2. The van der Waals surface area contributed by atoms with E-state index in [9.17, 15) is 21.6 Å². The van der Waals surface area contributed by atoms with Crippen LogP contribution in [0.3, 0.4) is 0 Å². The maximum Gasteiger partial charge on any atom is 0.417 e. The van der Waals surface area contributed by atoms with Gasteiger partial charge in [-0.15, -0.1) is 0 Å². The summed E-state index contributed by atoms with van der Waals surface area (Å²) in [5.41, 5.74) is -0.388. The Hall–Kier alpha value is -1.15. The Balaban J connectivity index is 1.87. The number of hydrogen-bond acceptors (Lipinski definition) is 3. The molecule has 4 nitrogen and oxygen atoms in total. The average molecular weight is 294 g/mol. The summed E-state index contributed by atoms with van der Waals surface area (Å²) in [7, 11) is -3.25. The highest BCUT2D eigenvalue weighted by molar-refractivity contribution is 7.90. The van der Waals surface area contributed by atoms with Gasteiger partial charge in [0, 0.05) is 24.9 Å². The van der Waals surface area contributed by atoms with Gasteiger partial charge in [-0.05, 0) is 25.0 Å². The van der Waals surface area contributed by atoms with Crippen LogP contribution in [0.5, 0.6) is 0 Å². The summed E-state index contributed by atoms with van der Waals surface area (Å²) in [6.45, 7) is 0.150. The van der Waals surface area contributed by atoms with Crippen LogP contribution in [-0.4, -0.2) is 25.2 Å². The van der Waals surface area contributed by atoms with Crippen molar-refractivity contribution in [3.8, 4) is 0 Å². The summed E-state index contributed by atoms with van der Waals surface area (Å²) in [6.07, 6.45) is -2.03. The Morgan fingerprint density at radius 2 is 2.00 bits per heavy atom. The van der Waals surface area contributed by atoms with Gasteiger partial charge in [0.15, 0.2) is 0 Å². The maximum atomic E-state index is 12.3. The standard InChI is InChI=1S/C11H13F3N2O2S/c12-11(13,14)8-1-2-9(15-7-8)5-6-16-19(17,18)10-3-4-10/h1-2,7,10,16H,3-6H2. The first kappa shape index (κ1) is 14.3. The van der Waals surface area contributed by atoms with E-state index in [-0.39, 0.29) is 18.2 Å². The SMILES string of the molecule is O=S(=O)(NCCc1ccc(C(F)(F)F)cn1)C1CC1. The molecule has 0 atom stereocenters. The number of nitrogens with zero attached hydrogens (tertiary/aromatic N) is 1. The van der Waals surface area contributed by atoms with Crippen molar-refractivity contribution < 1.29 is 21.6 Å². The predicted octanol–water partition coefficient (Wildman–Crippen LogP) is 1.72. The lowest BCUT2D eigenvalue weighted by Gasteiger charge is -2.07. The van der Waals surface area contributed by atoms with Gasteiger partial charge >= 0.3 is 6.18 Å². The number of rotatable bonds is 5. The van der Waals surface area contributed by atoms with Crippen molar-refractivity contribution in [3.05, 3.63) is 29.6 Å². The van der Waals surface area contributed by atoms with Gasteiger partial charge in [-0.1, -0.05) is 0 Å². The number of sulfonamides is 1. The van der Waals surface area contributed by atoms with Gasteiger partial charge in [-0.2, -0.15) is 13.2 Å². The second-order valence-corrected chi connectivity index (χ2v) is 6.47. The molecule has 0 spiro atoms. The molecule has 1 aliphatic carbocycles. The number of alkyl halides is 3. The van der Waals surface area contributed by atoms with E-state index in [1.807, 2.05) is 0 Å². The van der Waals surface area contributed by atoms with Crippen molar-refractivity contribution in [1.82, 2.24) is 9.71 Å². The topological polar surface area (TPSA) is 59.1 Å². The normalized spacial score (nSPS) is 16.6. The van der Waals surface area contributed by atoms with Crippen LogP contribution in [0.25, 0.3) is 0 Å². The van der Waals surface area contributed by atoms with Crippen LogP contribution in [-0.2, 0) is 22.6 Å². The van der Waals surface area contributed by atoms with E-state index < -0.39 is 21.8 Å². The third-order valence-electron chi connectivity index (χ3n) is 2.80. The van der Waals surface area contributed by atoms with E-state index in [1.165, 1.54) is 6.07 Å². The molecule has 2 rings (SSSR count). The zero-order valence-corrected chi connectivity index (χ0v) is 10.8. The lowest BCUT2D eigenvalue weighted by Crippen LogP contribution is -2.29. The summed E-state index contributed by atoms with van der Waals surface area (Å²) < 4.78 is 62.3. The Kier molecular flexibility index (Phi) is 3.82. The third-order valence-corrected chi connectivity index (χ3v) is 4.76. The van der Waals surface area contributed by atoms with Gasteiger partial charge in [0.1, 0.15) is 0 Å². The summed E-state index contributed by atoms with van der Waals surface area (Å²) in [6, 6.07) is 2.20. The first-order chi connectivity index (χ1) is 8.79. The summed E-state index contributed by atoms with van der Waals surface area (Å²) >= 11 is 0. The molecular formula is C11H13F3N2O2S. The van der Waals surface area contributed by atoms with E-state index >= 15 is 0 Å². The quantitative estimate of drug-likeness (QED) is 0.899. The fraction of sp³-hybridized carbons (Fsp3) is 0.545. The Morgan fingerprint density at radius 1 is 1.32 bits per heavy atom. The molecule has 0 aliphatic heterocycles. The van der Waals surface area contributed by atoms with Crippen LogP contribution in [0.2, 0.25) is 0 Å². The number of halogens is 3. The van der Waals surface area contributed by atoms with Crippen LogP contribution in [0.4, 0.5) is 13.2 Å². The maximum absolute atomic E-state index is 12.3. The van der Waals surface area contributed by atoms with Crippen LogP contribution >= 0.6 is 0 Å². The molecule has 1 aromatic rings. The van der Waals surface area contributed by atoms with Gasteiger partial charge in [0.25, 0.3) is 0 Å². The van der Waals surface area contributed by atoms with Crippen molar-refractivity contribution in [2.45, 2.75) is 30.7 Å². The van der Waals surface area contributed by atoms with E-state index in [2.05, 4.69) is 9.71 Å². The number of hydrogen-bond donors (Lipinski definition) is 1. The molecule has 1 fully saturated rings. The van der Waals surface area contributed by atoms with E-state index in [0.29, 0.717) is 18.5 Å². The lowest BCUT2D eigenvalue weighted by atomic mass is 10.2. The van der Waals surface area contributed by atoms with E-state index in [1.54, 1.807) is 0 Å². The molecule has 19 heavy (non-hydrogen) atoms. The highest BCUT2D eigenvalue weighted by Gasteiger charge is 2.35. The smallest absolute Gasteiger partial charge is 0.261 e. The van der Waals surface area contributed by atoms with Crippen LogP contribution in [0, 0.1) is 0 Å². The predicted molar refractivity (Wildman–Crippen MR) is 62.9 cm³/mol. The van der Waals surface area contributed by atoms with Gasteiger partial charge in [0.05, 0.1) is 10.8 Å². The van der Waals surface area contributed by atoms with Gasteiger partial charge in [-0.25, -0.2) is 13.1 Å². The van der Waals surface area contributed by atoms with E-state index in [4.69, 9.17) is 0 Å². The Bertz CT molecular complexity index is 536. The average Bonchev–Trinajstić information content (AvgIpc) is 3.12. The third kappa shape index (κ3) is 3.90. The molecule has 0 bridgehead atoms. The van der Waals surface area contributed by atoms with Crippen molar-refractivity contribution in [2.24, 2.45) is 0 Å². The first-order valence-electron chi connectivity index (χ1n) is 5.79. The fourth-order valence-corrected chi connectivity index (χ4v) is 2.94. The second-order valence-electron chi connectivity index (χ2n) is 4.42. The minimum atomic E-state index is -4.40. The molecular weight excluding hydrogens is 281 g/mol. The molecule has 8 heteroatoms. The number of nitrogens with one attached hydrogen (secondary N) is 1. The molecule has 0 radical (unpaired) electrons. The molecule has 1 aliphatic rings. The molecule has 106 valence electrons. The molecule has 0 saturated heterocycles. The Labute approximate surface area is 109 Å². The second kappa shape index (κ2) is 5.09. The van der Waals surface area contributed by atoms with Gasteiger partial charge in [0.2, 0.25) is 10.0 Å². The highest BCUT2D eigenvalue weighted by Crippen LogP contribution is 2.28. The number of aromatic nitrogens is 1. The summed E-state index contributed by atoms with van der Waals surface area (Å²) in [4.78, 5) is 3.67. The monoisotopic (exact) mass is 294 g/mol.